The molecule has 0 spiro atoms. The van der Waals surface area contributed by atoms with Gasteiger partial charge in [0.05, 0.1) is 11.5 Å². The Bertz CT molecular complexity index is 458. The van der Waals surface area contributed by atoms with Crippen molar-refractivity contribution in [1.82, 2.24) is 9.88 Å². The van der Waals surface area contributed by atoms with Crippen LogP contribution in [0.3, 0.4) is 0 Å². The topological polar surface area (TPSA) is 98.2 Å². The average molecular weight is 249 g/mol. The summed E-state index contributed by atoms with van der Waals surface area (Å²) in [6.07, 6.45) is 0. The van der Waals surface area contributed by atoms with E-state index in [4.69, 9.17) is 10.3 Å². The van der Waals surface area contributed by atoms with Crippen molar-refractivity contribution >= 4 is 27.2 Å². The number of aromatic nitrogens is 1. The fourth-order valence-corrected chi connectivity index (χ4v) is 2.59. The number of nitrogens with zero attached hydrogens (tertiary/aromatic N) is 1. The summed E-state index contributed by atoms with van der Waals surface area (Å²) in [4.78, 5) is 0.115. The van der Waals surface area contributed by atoms with Crippen LogP contribution in [0, 0.1) is 13.8 Å². The van der Waals surface area contributed by atoms with E-state index in [1.165, 1.54) is 6.92 Å². The van der Waals surface area contributed by atoms with Crippen molar-refractivity contribution in [2.24, 2.45) is 5.73 Å². The zero-order valence-electron chi connectivity index (χ0n) is 8.27. The molecule has 0 aliphatic heterocycles. The van der Waals surface area contributed by atoms with Crippen molar-refractivity contribution in [1.29, 1.82) is 0 Å². The van der Waals surface area contributed by atoms with Crippen LogP contribution in [0.15, 0.2) is 9.42 Å². The molecule has 1 heterocycles. The van der Waals surface area contributed by atoms with Crippen LogP contribution >= 0.6 is 12.2 Å². The molecule has 0 aliphatic carbocycles. The van der Waals surface area contributed by atoms with Gasteiger partial charge in [0.25, 0.3) is 0 Å². The normalized spacial score (nSPS) is 11.6. The van der Waals surface area contributed by atoms with Crippen LogP contribution < -0.4 is 10.5 Å². The molecule has 3 N–H and O–H groups in total. The SMILES string of the molecule is Cc1noc(C)c1S(=O)(=O)NCC(N)=S. The van der Waals surface area contributed by atoms with Crippen LogP contribution in [0.1, 0.15) is 11.5 Å². The Hall–Kier alpha value is -0.990. The molecule has 0 saturated carbocycles. The zero-order valence-corrected chi connectivity index (χ0v) is 9.91. The first-order valence-electron chi connectivity index (χ1n) is 4.05. The van der Waals surface area contributed by atoms with E-state index < -0.39 is 10.0 Å². The van der Waals surface area contributed by atoms with E-state index in [0.717, 1.165) is 0 Å². The maximum Gasteiger partial charge on any atom is 0.246 e. The highest BCUT2D eigenvalue weighted by atomic mass is 32.2. The van der Waals surface area contributed by atoms with Crippen LogP contribution in [0.2, 0.25) is 0 Å². The highest BCUT2D eigenvalue weighted by molar-refractivity contribution is 7.89. The van der Waals surface area contributed by atoms with Crippen molar-refractivity contribution < 1.29 is 12.9 Å². The molecular formula is C7H11N3O3S2. The third-order valence-electron chi connectivity index (χ3n) is 1.67. The number of sulfonamides is 1. The van der Waals surface area contributed by atoms with Crippen LogP contribution in [-0.2, 0) is 10.0 Å². The van der Waals surface area contributed by atoms with Crippen molar-refractivity contribution in [2.45, 2.75) is 18.7 Å². The quantitative estimate of drug-likeness (QED) is 0.720. The van der Waals surface area contributed by atoms with Gasteiger partial charge in [-0.3, -0.25) is 0 Å². The lowest BCUT2D eigenvalue weighted by molar-refractivity contribution is 0.390. The number of nitrogens with one attached hydrogen (secondary N) is 1. The summed E-state index contributed by atoms with van der Waals surface area (Å²) < 4.78 is 30.4. The van der Waals surface area contributed by atoms with Crippen molar-refractivity contribution in [3.63, 3.8) is 0 Å². The summed E-state index contributed by atoms with van der Waals surface area (Å²) in [5.74, 6) is 0.239. The molecule has 0 atom stereocenters. The van der Waals surface area contributed by atoms with Crippen LogP contribution in [-0.4, -0.2) is 25.1 Å². The second-order valence-corrected chi connectivity index (χ2v) is 5.17. The molecule has 0 unspecified atom stereocenters. The van der Waals surface area contributed by atoms with Crippen molar-refractivity contribution in [3.8, 4) is 0 Å². The number of nitrogens with two attached hydrogens (primary N) is 1. The van der Waals surface area contributed by atoms with Gasteiger partial charge in [-0.05, 0) is 13.8 Å². The minimum absolute atomic E-state index is 0.0405. The Kier molecular flexibility index (Phi) is 3.42. The van der Waals surface area contributed by atoms with Gasteiger partial charge < -0.3 is 10.3 Å². The minimum Gasteiger partial charge on any atom is -0.392 e. The van der Waals surface area contributed by atoms with Gasteiger partial charge in [-0.25, -0.2) is 13.1 Å². The zero-order chi connectivity index (χ0) is 11.6. The third-order valence-corrected chi connectivity index (χ3v) is 3.46. The van der Waals surface area contributed by atoms with E-state index in [9.17, 15) is 8.42 Å². The standard InChI is InChI=1S/C7H11N3O3S2/c1-4-7(5(2)13-10-4)15(11,12)9-3-6(8)14/h9H,3H2,1-2H3,(H2,8,14). The predicted molar refractivity (Wildman–Crippen MR) is 58.0 cm³/mol. The molecule has 8 heteroatoms. The molecule has 0 aliphatic rings. The van der Waals surface area contributed by atoms with Crippen molar-refractivity contribution in [2.75, 3.05) is 6.54 Å². The molecule has 1 rings (SSSR count). The number of aryl methyl sites for hydroxylation is 2. The molecule has 15 heavy (non-hydrogen) atoms. The Balaban J connectivity index is 3.01. The summed E-state index contributed by atoms with van der Waals surface area (Å²) in [5.41, 5.74) is 5.50. The molecule has 1 aromatic rings. The number of hydrogen-bond donors (Lipinski definition) is 2. The summed E-state index contributed by atoms with van der Waals surface area (Å²) in [6.45, 7) is 2.99. The van der Waals surface area contributed by atoms with Gasteiger partial charge in [-0.15, -0.1) is 0 Å². The Morgan fingerprint density at radius 3 is 2.60 bits per heavy atom. The molecule has 84 valence electrons. The molecule has 0 aromatic carbocycles. The molecular weight excluding hydrogens is 238 g/mol. The third kappa shape index (κ3) is 2.74. The lowest BCUT2D eigenvalue weighted by Crippen LogP contribution is -2.32. The Labute approximate surface area is 92.9 Å². The van der Waals surface area contributed by atoms with Crippen molar-refractivity contribution in [3.05, 3.63) is 11.5 Å². The van der Waals surface area contributed by atoms with E-state index >= 15 is 0 Å². The first-order chi connectivity index (χ1) is 6.84. The van der Waals surface area contributed by atoms with E-state index in [0.29, 0.717) is 5.69 Å². The minimum atomic E-state index is -3.65. The maximum atomic E-state index is 11.7. The summed E-state index contributed by atoms with van der Waals surface area (Å²) in [6, 6.07) is 0. The highest BCUT2D eigenvalue weighted by Gasteiger charge is 2.23. The van der Waals surface area contributed by atoms with Crippen LogP contribution in [0.4, 0.5) is 0 Å². The van der Waals surface area contributed by atoms with E-state index in [1.807, 2.05) is 0 Å². The number of thiocarbonyl (C=S) groups is 1. The number of rotatable bonds is 4. The van der Waals surface area contributed by atoms with Crippen LogP contribution in [0.25, 0.3) is 0 Å². The molecule has 0 radical (unpaired) electrons. The lowest BCUT2D eigenvalue weighted by Gasteiger charge is -2.04. The predicted octanol–water partition coefficient (Wildman–Crippen LogP) is -0.144. The Morgan fingerprint density at radius 2 is 2.20 bits per heavy atom. The fraction of sp³-hybridized carbons (Fsp3) is 0.429. The monoisotopic (exact) mass is 249 g/mol. The van der Waals surface area contributed by atoms with E-state index in [1.54, 1.807) is 6.92 Å². The van der Waals surface area contributed by atoms with Gasteiger partial charge in [-0.2, -0.15) is 0 Å². The van der Waals surface area contributed by atoms with Gasteiger partial charge in [0.2, 0.25) is 10.0 Å². The van der Waals surface area contributed by atoms with Gasteiger partial charge >= 0.3 is 0 Å². The largest absolute Gasteiger partial charge is 0.392 e. The highest BCUT2D eigenvalue weighted by Crippen LogP contribution is 2.17. The van der Waals surface area contributed by atoms with E-state index in [2.05, 4.69) is 22.1 Å². The first kappa shape index (κ1) is 12.1. The molecule has 6 nitrogen and oxygen atoms in total. The first-order valence-corrected chi connectivity index (χ1v) is 5.94. The van der Waals surface area contributed by atoms with Gasteiger partial charge in [0, 0.05) is 0 Å². The summed E-state index contributed by atoms with van der Waals surface area (Å²) in [5, 5.41) is 3.55. The molecule has 0 amide bonds. The molecule has 0 saturated heterocycles. The molecule has 0 fully saturated rings. The molecule has 0 bridgehead atoms. The Morgan fingerprint density at radius 1 is 1.60 bits per heavy atom. The van der Waals surface area contributed by atoms with Gasteiger partial charge in [0.15, 0.2) is 5.76 Å². The van der Waals surface area contributed by atoms with Crippen LogP contribution in [0.5, 0.6) is 0 Å². The van der Waals surface area contributed by atoms with Gasteiger partial charge in [0.1, 0.15) is 10.6 Å². The smallest absolute Gasteiger partial charge is 0.246 e. The number of hydrogen-bond acceptors (Lipinski definition) is 5. The maximum absolute atomic E-state index is 11.7. The second kappa shape index (κ2) is 4.25. The average Bonchev–Trinajstić information content (AvgIpc) is 2.43. The summed E-state index contributed by atoms with van der Waals surface area (Å²) in [7, 11) is -3.65. The van der Waals surface area contributed by atoms with E-state index in [-0.39, 0.29) is 22.2 Å². The lowest BCUT2D eigenvalue weighted by atomic mass is 10.4. The summed E-state index contributed by atoms with van der Waals surface area (Å²) >= 11 is 4.57. The van der Waals surface area contributed by atoms with Gasteiger partial charge in [-0.1, -0.05) is 17.4 Å². The second-order valence-electron chi connectivity index (χ2n) is 2.94. The molecule has 1 aromatic heterocycles. The fourth-order valence-electron chi connectivity index (χ4n) is 1.10.